The summed E-state index contributed by atoms with van der Waals surface area (Å²) in [5.74, 6) is 0. The van der Waals surface area contributed by atoms with Crippen LogP contribution in [0.15, 0.2) is 95.2 Å². The molecule has 0 spiro atoms. The third-order valence-corrected chi connectivity index (χ3v) is 4.97. The summed E-state index contributed by atoms with van der Waals surface area (Å²) < 4.78 is 0. The number of benzene rings is 4. The van der Waals surface area contributed by atoms with Gasteiger partial charge in [-0.05, 0) is 36.8 Å². The average Bonchev–Trinajstić information content (AvgIpc) is 2.73. The van der Waals surface area contributed by atoms with Crippen LogP contribution in [0.5, 0.6) is 0 Å². The maximum atomic E-state index is 4.95. The lowest BCUT2D eigenvalue weighted by Crippen LogP contribution is -1.89. The number of rotatable bonds is 2. The van der Waals surface area contributed by atoms with Crippen LogP contribution in [0.3, 0.4) is 0 Å². The molecular weight excluding hydrogens is 330 g/mol. The van der Waals surface area contributed by atoms with E-state index in [9.17, 15) is 0 Å². The Hall–Kier alpha value is -3.59. The number of fused-ring (bicyclic) bond motifs is 4. The molecule has 0 aliphatic heterocycles. The van der Waals surface area contributed by atoms with Crippen molar-refractivity contribution in [3.05, 3.63) is 90.5 Å². The summed E-state index contributed by atoms with van der Waals surface area (Å²) in [7, 11) is 0. The van der Waals surface area contributed by atoms with Crippen molar-refractivity contribution < 1.29 is 0 Å². The molecule has 0 unspecified atom stereocenters. The van der Waals surface area contributed by atoms with Crippen molar-refractivity contribution in [3.8, 4) is 0 Å². The van der Waals surface area contributed by atoms with Gasteiger partial charge in [0.15, 0.2) is 0 Å². The minimum atomic E-state index is 0.843. The third kappa shape index (κ3) is 2.64. The summed E-state index contributed by atoms with van der Waals surface area (Å²) >= 11 is 0. The molecule has 3 nitrogen and oxygen atoms in total. The maximum absolute atomic E-state index is 4.95. The molecule has 27 heavy (non-hydrogen) atoms. The van der Waals surface area contributed by atoms with E-state index in [1.807, 2.05) is 48.5 Å². The number of para-hydroxylation sites is 1. The molecule has 0 atom stereocenters. The highest BCUT2D eigenvalue weighted by atomic mass is 15.1. The van der Waals surface area contributed by atoms with Gasteiger partial charge in [-0.1, -0.05) is 60.7 Å². The molecule has 0 N–H and O–H groups in total. The predicted octanol–water partition coefficient (Wildman–Crippen LogP) is 7.27. The van der Waals surface area contributed by atoms with Gasteiger partial charge in [-0.2, -0.15) is 5.11 Å². The summed E-state index contributed by atoms with van der Waals surface area (Å²) in [4.78, 5) is 4.95. The fourth-order valence-corrected chi connectivity index (χ4v) is 3.59. The van der Waals surface area contributed by atoms with Crippen LogP contribution in [0.2, 0.25) is 0 Å². The van der Waals surface area contributed by atoms with Crippen molar-refractivity contribution in [1.82, 2.24) is 4.98 Å². The van der Waals surface area contributed by atoms with E-state index in [1.54, 1.807) is 0 Å². The van der Waals surface area contributed by atoms with Gasteiger partial charge in [0.25, 0.3) is 0 Å². The molecule has 3 heteroatoms. The molecule has 0 saturated carbocycles. The Bertz CT molecular complexity index is 1320. The zero-order valence-corrected chi connectivity index (χ0v) is 14.9. The van der Waals surface area contributed by atoms with E-state index in [0.29, 0.717) is 0 Å². The van der Waals surface area contributed by atoms with Crippen LogP contribution in [0.4, 0.5) is 11.4 Å². The lowest BCUT2D eigenvalue weighted by Gasteiger charge is -2.11. The first-order valence-corrected chi connectivity index (χ1v) is 8.99. The summed E-state index contributed by atoms with van der Waals surface area (Å²) in [6.45, 7) is 2.15. The minimum absolute atomic E-state index is 0.843. The summed E-state index contributed by atoms with van der Waals surface area (Å²) in [5.41, 5.74) is 4.96. The Morgan fingerprint density at radius 1 is 0.630 bits per heavy atom. The van der Waals surface area contributed by atoms with Crippen LogP contribution >= 0.6 is 0 Å². The zero-order valence-electron chi connectivity index (χ0n) is 14.9. The van der Waals surface area contributed by atoms with Crippen molar-refractivity contribution in [3.63, 3.8) is 0 Å². The van der Waals surface area contributed by atoms with Crippen LogP contribution in [-0.2, 0) is 0 Å². The largest absolute Gasteiger partial charge is 0.247 e. The highest BCUT2D eigenvalue weighted by Crippen LogP contribution is 2.37. The molecule has 0 aliphatic rings. The number of nitrogens with zero attached hydrogens (tertiary/aromatic N) is 3. The molecule has 0 bridgehead atoms. The number of hydrogen-bond donors (Lipinski definition) is 0. The first kappa shape index (κ1) is 15.6. The van der Waals surface area contributed by atoms with Crippen LogP contribution in [0.1, 0.15) is 5.56 Å². The fraction of sp³-hybridized carbons (Fsp3) is 0.0417. The van der Waals surface area contributed by atoms with Gasteiger partial charge < -0.3 is 0 Å². The highest BCUT2D eigenvalue weighted by molar-refractivity contribution is 6.14. The van der Waals surface area contributed by atoms with Crippen molar-refractivity contribution in [2.75, 3.05) is 0 Å². The van der Waals surface area contributed by atoms with Crippen LogP contribution < -0.4 is 0 Å². The lowest BCUT2D eigenvalue weighted by atomic mass is 9.98. The number of aryl methyl sites for hydroxylation is 1. The number of aromatic nitrogens is 1. The summed E-state index contributed by atoms with van der Waals surface area (Å²) in [5, 5.41) is 13.5. The fourth-order valence-electron chi connectivity index (χ4n) is 3.59. The van der Waals surface area contributed by atoms with Gasteiger partial charge in [0.1, 0.15) is 0 Å². The van der Waals surface area contributed by atoms with Crippen molar-refractivity contribution >= 4 is 44.0 Å². The SMILES string of the molecule is Cc1c2ccccc2nc2c1cc(N=Nc1ccccc1)c1ccccc12. The van der Waals surface area contributed by atoms with E-state index in [0.717, 1.165) is 38.6 Å². The van der Waals surface area contributed by atoms with E-state index in [1.165, 1.54) is 10.9 Å². The van der Waals surface area contributed by atoms with Crippen LogP contribution in [-0.4, -0.2) is 4.98 Å². The standard InChI is InChI=1S/C24H17N3/c1-16-18-11-7-8-14-22(18)25-24-20-13-6-5-12-19(20)23(15-21(16)24)27-26-17-9-3-2-4-10-17/h2-15H,1H3. The van der Waals surface area contributed by atoms with Gasteiger partial charge in [-0.3, -0.25) is 0 Å². The topological polar surface area (TPSA) is 37.6 Å². The molecule has 0 amide bonds. The minimum Gasteiger partial charge on any atom is -0.247 e. The Labute approximate surface area is 157 Å². The van der Waals surface area contributed by atoms with Gasteiger partial charge in [-0.25, -0.2) is 4.98 Å². The second-order valence-electron chi connectivity index (χ2n) is 6.63. The number of azo groups is 1. The van der Waals surface area contributed by atoms with Gasteiger partial charge in [0.05, 0.1) is 22.4 Å². The van der Waals surface area contributed by atoms with E-state index >= 15 is 0 Å². The molecule has 0 saturated heterocycles. The Morgan fingerprint density at radius 2 is 1.30 bits per heavy atom. The highest BCUT2D eigenvalue weighted by Gasteiger charge is 2.11. The molecule has 5 aromatic rings. The molecule has 0 radical (unpaired) electrons. The van der Waals surface area contributed by atoms with Crippen molar-refractivity contribution in [1.29, 1.82) is 0 Å². The molecule has 0 fully saturated rings. The lowest BCUT2D eigenvalue weighted by molar-refractivity contribution is 1.24. The third-order valence-electron chi connectivity index (χ3n) is 4.97. The molecule has 128 valence electrons. The van der Waals surface area contributed by atoms with E-state index in [-0.39, 0.29) is 0 Å². The van der Waals surface area contributed by atoms with Gasteiger partial charge in [0, 0.05) is 21.5 Å². The van der Waals surface area contributed by atoms with Crippen molar-refractivity contribution in [2.24, 2.45) is 10.2 Å². The number of pyridine rings is 1. The van der Waals surface area contributed by atoms with Crippen molar-refractivity contribution in [2.45, 2.75) is 6.92 Å². The van der Waals surface area contributed by atoms with E-state index in [4.69, 9.17) is 4.98 Å². The van der Waals surface area contributed by atoms with Gasteiger partial charge >= 0.3 is 0 Å². The molecule has 0 aliphatic carbocycles. The summed E-state index contributed by atoms with van der Waals surface area (Å²) in [6, 6.07) is 28.5. The predicted molar refractivity (Wildman–Crippen MR) is 112 cm³/mol. The molecule has 5 rings (SSSR count). The monoisotopic (exact) mass is 347 g/mol. The smallest absolute Gasteiger partial charge is 0.0942 e. The maximum Gasteiger partial charge on any atom is 0.0942 e. The zero-order chi connectivity index (χ0) is 18.2. The molecule has 4 aromatic carbocycles. The molecule has 1 aromatic heterocycles. The Balaban J connectivity index is 1.84. The molecule has 1 heterocycles. The first-order chi connectivity index (χ1) is 13.3. The van der Waals surface area contributed by atoms with Crippen LogP contribution in [0.25, 0.3) is 32.6 Å². The summed E-state index contributed by atoms with van der Waals surface area (Å²) in [6.07, 6.45) is 0. The molecular formula is C24H17N3. The average molecular weight is 347 g/mol. The Morgan fingerprint density at radius 3 is 2.11 bits per heavy atom. The van der Waals surface area contributed by atoms with E-state index in [2.05, 4.69) is 53.6 Å². The number of hydrogen-bond acceptors (Lipinski definition) is 3. The quantitative estimate of drug-likeness (QED) is 0.188. The van der Waals surface area contributed by atoms with E-state index < -0.39 is 0 Å². The Kier molecular flexibility index (Phi) is 3.65. The normalized spacial score (nSPS) is 11.7. The first-order valence-electron chi connectivity index (χ1n) is 8.99. The second-order valence-corrected chi connectivity index (χ2v) is 6.63. The van der Waals surface area contributed by atoms with Crippen LogP contribution in [0, 0.1) is 6.92 Å². The second kappa shape index (κ2) is 6.29. The van der Waals surface area contributed by atoms with Gasteiger partial charge in [0.2, 0.25) is 0 Å². The van der Waals surface area contributed by atoms with Gasteiger partial charge in [-0.15, -0.1) is 5.11 Å².